The third kappa shape index (κ3) is 9.83. The van der Waals surface area contributed by atoms with E-state index in [1.807, 2.05) is 12.4 Å². The van der Waals surface area contributed by atoms with Crippen molar-refractivity contribution in [2.75, 3.05) is 0 Å². The van der Waals surface area contributed by atoms with E-state index >= 15 is 0 Å². The van der Waals surface area contributed by atoms with E-state index in [4.69, 9.17) is 0 Å². The van der Waals surface area contributed by atoms with Crippen LogP contribution in [0.1, 0.15) is 89.2 Å². The molecule has 0 bridgehead atoms. The monoisotopic (exact) mass is 396 g/mol. The maximum Gasteiger partial charge on any atom is 0.159 e. The summed E-state index contributed by atoms with van der Waals surface area (Å²) in [5.41, 5.74) is 3.42. The van der Waals surface area contributed by atoms with Gasteiger partial charge in [0.15, 0.2) is 5.82 Å². The molecule has 1 aromatic heterocycles. The van der Waals surface area contributed by atoms with Crippen LogP contribution >= 0.6 is 0 Å². The first kappa shape index (κ1) is 23.3. The van der Waals surface area contributed by atoms with Crippen molar-refractivity contribution in [3.8, 4) is 11.4 Å². The molecule has 2 aromatic rings. The maximum atomic E-state index is 12.8. The number of nitrogens with zero attached hydrogens (tertiary/aromatic N) is 2. The predicted molar refractivity (Wildman–Crippen MR) is 123 cm³/mol. The maximum absolute atomic E-state index is 12.8. The average molecular weight is 397 g/mol. The Morgan fingerprint density at radius 1 is 0.897 bits per heavy atom. The fourth-order valence-corrected chi connectivity index (χ4v) is 3.39. The highest BCUT2D eigenvalue weighted by molar-refractivity contribution is 5.59. The fourth-order valence-electron chi connectivity index (χ4n) is 3.39. The highest BCUT2D eigenvalue weighted by atomic mass is 19.1. The first-order valence-electron chi connectivity index (χ1n) is 11.4. The smallest absolute Gasteiger partial charge is 0.159 e. The molecule has 0 saturated heterocycles. The number of benzene rings is 1. The van der Waals surface area contributed by atoms with E-state index in [1.165, 1.54) is 37.7 Å². The summed E-state index contributed by atoms with van der Waals surface area (Å²) in [6, 6.07) is 8.44. The van der Waals surface area contributed by atoms with Crippen LogP contribution in [-0.2, 0) is 6.42 Å². The number of aryl methyl sites for hydroxylation is 1. The molecule has 0 fully saturated rings. The summed E-state index contributed by atoms with van der Waals surface area (Å²) in [5.74, 6) is 0.770. The van der Waals surface area contributed by atoms with Gasteiger partial charge in [0.1, 0.15) is 0 Å². The molecule has 1 atom stereocenters. The zero-order valence-electron chi connectivity index (χ0n) is 18.2. The summed E-state index contributed by atoms with van der Waals surface area (Å²) in [6.07, 6.45) is 20.1. The highest BCUT2D eigenvalue weighted by Crippen LogP contribution is 2.17. The van der Waals surface area contributed by atoms with E-state index in [9.17, 15) is 4.39 Å². The second-order valence-corrected chi connectivity index (χ2v) is 8.02. The summed E-state index contributed by atoms with van der Waals surface area (Å²) < 4.78 is 12.8. The number of hydrogen-bond acceptors (Lipinski definition) is 2. The third-order valence-corrected chi connectivity index (χ3v) is 5.23. The lowest BCUT2D eigenvalue weighted by atomic mass is 10.1. The van der Waals surface area contributed by atoms with Gasteiger partial charge < -0.3 is 0 Å². The molecule has 29 heavy (non-hydrogen) atoms. The van der Waals surface area contributed by atoms with Crippen molar-refractivity contribution in [1.29, 1.82) is 0 Å². The summed E-state index contributed by atoms with van der Waals surface area (Å²) in [4.78, 5) is 9.06. The molecule has 0 radical (unpaired) electrons. The van der Waals surface area contributed by atoms with Crippen LogP contribution in [0.4, 0.5) is 4.39 Å². The van der Waals surface area contributed by atoms with Gasteiger partial charge in [-0.05, 0) is 50.2 Å². The molecule has 0 aliphatic heterocycles. The number of halogens is 1. The summed E-state index contributed by atoms with van der Waals surface area (Å²) >= 11 is 0. The van der Waals surface area contributed by atoms with Gasteiger partial charge in [-0.25, -0.2) is 14.4 Å². The molecular weight excluding hydrogens is 359 g/mol. The van der Waals surface area contributed by atoms with Crippen molar-refractivity contribution < 1.29 is 4.39 Å². The quantitative estimate of drug-likeness (QED) is 0.302. The van der Waals surface area contributed by atoms with Gasteiger partial charge in [-0.3, -0.25) is 0 Å². The van der Waals surface area contributed by atoms with Crippen LogP contribution in [0.2, 0.25) is 0 Å². The first-order valence-corrected chi connectivity index (χ1v) is 11.4. The molecule has 1 unspecified atom stereocenters. The predicted octanol–water partition coefficient (Wildman–Crippen LogP) is 7.98. The van der Waals surface area contributed by atoms with Crippen molar-refractivity contribution in [3.63, 3.8) is 0 Å². The zero-order valence-corrected chi connectivity index (χ0v) is 18.2. The molecular formula is C26H37FN2. The van der Waals surface area contributed by atoms with Gasteiger partial charge >= 0.3 is 0 Å². The fraction of sp³-hybridized carbons (Fsp3) is 0.538. The molecule has 1 heterocycles. The molecule has 0 amide bonds. The molecule has 158 valence electrons. The number of alkyl halides is 1. The van der Waals surface area contributed by atoms with Crippen LogP contribution in [0.3, 0.4) is 0 Å². The Bertz CT molecular complexity index is 690. The van der Waals surface area contributed by atoms with Crippen LogP contribution < -0.4 is 0 Å². The molecule has 2 nitrogen and oxygen atoms in total. The largest absolute Gasteiger partial charge is 0.248 e. The van der Waals surface area contributed by atoms with E-state index in [-0.39, 0.29) is 0 Å². The topological polar surface area (TPSA) is 25.8 Å². The molecule has 0 spiro atoms. The second kappa shape index (κ2) is 14.0. The van der Waals surface area contributed by atoms with Gasteiger partial charge in [0.25, 0.3) is 0 Å². The Labute approximate surface area is 176 Å². The van der Waals surface area contributed by atoms with Crippen molar-refractivity contribution >= 4 is 6.08 Å². The Balaban J connectivity index is 1.74. The molecule has 0 saturated carbocycles. The van der Waals surface area contributed by atoms with Crippen LogP contribution in [-0.4, -0.2) is 16.1 Å². The van der Waals surface area contributed by atoms with Crippen molar-refractivity contribution in [3.05, 3.63) is 53.9 Å². The zero-order chi connectivity index (χ0) is 20.7. The average Bonchev–Trinajstić information content (AvgIpc) is 2.74. The van der Waals surface area contributed by atoms with E-state index in [0.29, 0.717) is 6.42 Å². The van der Waals surface area contributed by atoms with Gasteiger partial charge in [-0.2, -0.15) is 0 Å². The minimum Gasteiger partial charge on any atom is -0.248 e. The second-order valence-electron chi connectivity index (χ2n) is 8.02. The highest BCUT2D eigenvalue weighted by Gasteiger charge is 2.03. The molecule has 1 aromatic carbocycles. The molecule has 0 N–H and O–H groups in total. The number of aromatic nitrogens is 2. The lowest BCUT2D eigenvalue weighted by Crippen LogP contribution is -1.95. The number of rotatable bonds is 14. The SMILES string of the molecule is CCCCCCCC=Cc1ccc(-c2ncc(CCCCCC(C)F)cn2)cc1. The summed E-state index contributed by atoms with van der Waals surface area (Å²) in [6.45, 7) is 3.88. The van der Waals surface area contributed by atoms with Gasteiger partial charge in [-0.1, -0.05) is 81.9 Å². The third-order valence-electron chi connectivity index (χ3n) is 5.23. The van der Waals surface area contributed by atoms with Gasteiger partial charge in [0.2, 0.25) is 0 Å². The van der Waals surface area contributed by atoms with Crippen LogP contribution in [0.15, 0.2) is 42.7 Å². The Hall–Kier alpha value is -2.03. The van der Waals surface area contributed by atoms with E-state index in [0.717, 1.165) is 49.1 Å². The van der Waals surface area contributed by atoms with Crippen LogP contribution in [0, 0.1) is 0 Å². The molecule has 2 rings (SSSR count). The van der Waals surface area contributed by atoms with E-state index in [1.54, 1.807) is 6.92 Å². The Kier molecular flexibility index (Phi) is 11.3. The lowest BCUT2D eigenvalue weighted by Gasteiger charge is -2.04. The minimum absolute atomic E-state index is 0.666. The Morgan fingerprint density at radius 3 is 2.28 bits per heavy atom. The minimum atomic E-state index is -0.685. The number of allylic oxidation sites excluding steroid dienone is 1. The molecule has 3 heteroatoms. The van der Waals surface area contributed by atoms with E-state index < -0.39 is 6.17 Å². The van der Waals surface area contributed by atoms with Crippen LogP contribution in [0.5, 0.6) is 0 Å². The molecule has 0 aliphatic carbocycles. The number of unbranched alkanes of at least 4 members (excludes halogenated alkanes) is 7. The van der Waals surface area contributed by atoms with Gasteiger partial charge in [0, 0.05) is 18.0 Å². The van der Waals surface area contributed by atoms with Crippen molar-refractivity contribution in [2.24, 2.45) is 0 Å². The lowest BCUT2D eigenvalue weighted by molar-refractivity contribution is 0.330. The molecule has 0 aliphatic rings. The van der Waals surface area contributed by atoms with Gasteiger partial charge in [0.05, 0.1) is 6.17 Å². The first-order chi connectivity index (χ1) is 14.2. The summed E-state index contributed by atoms with van der Waals surface area (Å²) in [7, 11) is 0. The van der Waals surface area contributed by atoms with Crippen molar-refractivity contribution in [2.45, 2.75) is 90.6 Å². The van der Waals surface area contributed by atoms with Gasteiger partial charge in [-0.15, -0.1) is 0 Å². The van der Waals surface area contributed by atoms with Crippen LogP contribution in [0.25, 0.3) is 17.5 Å². The Morgan fingerprint density at radius 2 is 1.59 bits per heavy atom. The summed E-state index contributed by atoms with van der Waals surface area (Å²) in [5, 5.41) is 0. The number of hydrogen-bond donors (Lipinski definition) is 0. The van der Waals surface area contributed by atoms with E-state index in [2.05, 4.69) is 53.3 Å². The normalized spacial score (nSPS) is 12.5. The van der Waals surface area contributed by atoms with Crippen molar-refractivity contribution in [1.82, 2.24) is 9.97 Å². The standard InChI is InChI=1S/C26H37FN2/c1-3-4-5-6-7-8-11-14-23-16-18-25(19-17-23)26-28-20-24(21-29-26)15-12-9-10-13-22(2)27/h11,14,16-22H,3-10,12-13,15H2,1-2H3.